The molecule has 0 aliphatic rings. The fraction of sp³-hybridized carbons (Fsp3) is 0.158. The number of carbonyl (C=O) groups excluding carboxylic acids is 1. The third-order valence-electron chi connectivity index (χ3n) is 3.53. The third kappa shape index (κ3) is 6.67. The third-order valence-corrected chi connectivity index (χ3v) is 4.45. The van der Waals surface area contributed by atoms with Crippen molar-refractivity contribution in [1.29, 1.82) is 0 Å². The number of hydrogen-bond acceptors (Lipinski definition) is 5. The van der Waals surface area contributed by atoms with Crippen LogP contribution in [0.25, 0.3) is 6.08 Å². The molecule has 0 aromatic heterocycles. The summed E-state index contributed by atoms with van der Waals surface area (Å²) in [5.41, 5.74) is -0.317. The largest absolute Gasteiger partial charge is 0.573 e. The van der Waals surface area contributed by atoms with Gasteiger partial charge >= 0.3 is 12.3 Å². The van der Waals surface area contributed by atoms with E-state index in [1.165, 1.54) is 18.2 Å². The number of halogens is 5. The minimum Gasteiger partial charge on any atom is -0.506 e. The zero-order valence-electron chi connectivity index (χ0n) is 14.9. The first-order valence-electron chi connectivity index (χ1n) is 8.11. The lowest BCUT2D eigenvalue weighted by Gasteiger charge is -2.15. The van der Waals surface area contributed by atoms with Gasteiger partial charge in [0, 0.05) is 5.56 Å². The van der Waals surface area contributed by atoms with Crippen LogP contribution in [0, 0.1) is 0 Å². The summed E-state index contributed by atoms with van der Waals surface area (Å²) in [5, 5.41) is 18.5. The van der Waals surface area contributed by atoms with Gasteiger partial charge in [-0.1, -0.05) is 17.7 Å². The van der Waals surface area contributed by atoms with Crippen molar-refractivity contribution in [2.24, 2.45) is 0 Å². The van der Waals surface area contributed by atoms with Crippen molar-refractivity contribution in [2.45, 2.75) is 12.8 Å². The summed E-state index contributed by atoms with van der Waals surface area (Å²) in [4.78, 5) is 22.9. The maximum Gasteiger partial charge on any atom is 0.573 e. The highest BCUT2D eigenvalue weighted by molar-refractivity contribution is 9.10. The van der Waals surface area contributed by atoms with E-state index >= 15 is 0 Å². The van der Waals surface area contributed by atoms with E-state index in [1.54, 1.807) is 0 Å². The van der Waals surface area contributed by atoms with Crippen molar-refractivity contribution in [2.75, 3.05) is 6.61 Å². The smallest absolute Gasteiger partial charge is 0.506 e. The summed E-state index contributed by atoms with van der Waals surface area (Å²) in [7, 11) is 0. The minimum absolute atomic E-state index is 0.0449. The van der Waals surface area contributed by atoms with E-state index in [-0.39, 0.29) is 39.4 Å². The maximum atomic E-state index is 12.7. The second-order valence-electron chi connectivity index (χ2n) is 5.69. The number of carboxylic acid groups (broad SMARTS) is 1. The number of allylic oxidation sites excluding steroid dienone is 1. The lowest BCUT2D eigenvalue weighted by atomic mass is 10.1. The van der Waals surface area contributed by atoms with Crippen molar-refractivity contribution in [3.63, 3.8) is 0 Å². The van der Waals surface area contributed by atoms with Gasteiger partial charge in [0.05, 0.1) is 28.1 Å². The summed E-state index contributed by atoms with van der Waals surface area (Å²) < 4.78 is 47.5. The van der Waals surface area contributed by atoms with E-state index in [2.05, 4.69) is 20.7 Å². The Balaban J connectivity index is 2.38. The molecule has 0 spiro atoms. The molecule has 0 bridgehead atoms. The molecule has 2 rings (SSSR count). The molecule has 2 aromatic rings. The van der Waals surface area contributed by atoms with Gasteiger partial charge in [0.1, 0.15) is 17.2 Å². The lowest BCUT2D eigenvalue weighted by molar-refractivity contribution is -0.274. The molecule has 0 fully saturated rings. The van der Waals surface area contributed by atoms with Crippen molar-refractivity contribution in [3.8, 4) is 17.2 Å². The number of ether oxygens (including phenoxy) is 2. The number of aromatic hydroxyl groups is 1. The Labute approximate surface area is 181 Å². The average molecular weight is 510 g/mol. The van der Waals surface area contributed by atoms with Gasteiger partial charge < -0.3 is 19.7 Å². The van der Waals surface area contributed by atoms with Crippen molar-refractivity contribution < 1.29 is 42.4 Å². The monoisotopic (exact) mass is 508 g/mol. The van der Waals surface area contributed by atoms with Gasteiger partial charge in [-0.05, 0) is 52.3 Å². The second-order valence-corrected chi connectivity index (χ2v) is 6.96. The van der Waals surface area contributed by atoms with Crippen LogP contribution in [0.3, 0.4) is 0 Å². The first-order valence-corrected chi connectivity index (χ1v) is 9.29. The fourth-order valence-corrected chi connectivity index (χ4v) is 2.83. The molecule has 0 amide bonds. The molecule has 0 unspecified atom stereocenters. The Morgan fingerprint density at radius 1 is 1.20 bits per heavy atom. The molecule has 6 nitrogen and oxygen atoms in total. The number of alkyl halides is 3. The number of ketones is 1. The maximum absolute atomic E-state index is 12.7. The Bertz CT molecular complexity index is 991. The number of carbonyl (C=O) groups is 2. The highest BCUT2D eigenvalue weighted by Gasteiger charge is 2.32. The molecule has 0 heterocycles. The molecule has 0 saturated heterocycles. The molecule has 0 aliphatic heterocycles. The van der Waals surface area contributed by atoms with E-state index in [0.717, 1.165) is 24.3 Å². The number of hydrogen-bond donors (Lipinski definition) is 2. The lowest BCUT2D eigenvalue weighted by Crippen LogP contribution is -2.18. The molecule has 11 heteroatoms. The Morgan fingerprint density at radius 2 is 1.90 bits per heavy atom. The van der Waals surface area contributed by atoms with Crippen LogP contribution in [0.15, 0.2) is 40.9 Å². The van der Waals surface area contributed by atoms with E-state index < -0.39 is 29.6 Å². The van der Waals surface area contributed by atoms with Gasteiger partial charge in [0.2, 0.25) is 0 Å². The minimum atomic E-state index is -5.00. The molecule has 2 aromatic carbocycles. The van der Waals surface area contributed by atoms with E-state index in [0.29, 0.717) is 0 Å². The number of phenolic OH excluding ortho intramolecular Hbond substituents is 1. The highest BCUT2D eigenvalue weighted by Crippen LogP contribution is 2.37. The van der Waals surface area contributed by atoms with Gasteiger partial charge in [0.25, 0.3) is 0 Å². The molecule has 2 N–H and O–H groups in total. The highest BCUT2D eigenvalue weighted by atomic mass is 79.9. The number of para-hydroxylation sites is 1. The number of benzene rings is 2. The quantitative estimate of drug-likeness (QED) is 0.363. The van der Waals surface area contributed by atoms with Gasteiger partial charge in [-0.25, -0.2) is 0 Å². The Kier molecular flexibility index (Phi) is 7.74. The van der Waals surface area contributed by atoms with Crippen LogP contribution in [-0.4, -0.2) is 34.9 Å². The first kappa shape index (κ1) is 23.6. The van der Waals surface area contributed by atoms with Crippen LogP contribution in [-0.2, 0) is 4.79 Å². The van der Waals surface area contributed by atoms with Gasteiger partial charge in [-0.3, -0.25) is 9.59 Å². The predicted molar refractivity (Wildman–Crippen MR) is 105 cm³/mol. The molecule has 0 aliphatic carbocycles. The molecule has 0 saturated carbocycles. The normalized spacial score (nSPS) is 11.5. The van der Waals surface area contributed by atoms with Crippen LogP contribution in [0.1, 0.15) is 22.3 Å². The Morgan fingerprint density at radius 3 is 2.53 bits per heavy atom. The van der Waals surface area contributed by atoms with Crippen LogP contribution < -0.4 is 9.47 Å². The molecular weight excluding hydrogens is 497 g/mol. The van der Waals surface area contributed by atoms with Crippen molar-refractivity contribution >= 4 is 45.4 Å². The summed E-state index contributed by atoms with van der Waals surface area (Å²) in [6, 6.07) is 6.21. The number of carboxylic acids is 1. The summed E-state index contributed by atoms with van der Waals surface area (Å²) >= 11 is 8.78. The Hall–Kier alpha value is -2.72. The van der Waals surface area contributed by atoms with Crippen molar-refractivity contribution in [1.82, 2.24) is 0 Å². The first-order chi connectivity index (χ1) is 14.0. The second kappa shape index (κ2) is 9.86. The van der Waals surface area contributed by atoms with E-state index in [1.807, 2.05) is 0 Å². The predicted octanol–water partition coefficient (Wildman–Crippen LogP) is 5.46. The molecule has 0 atom stereocenters. The average Bonchev–Trinajstić information content (AvgIpc) is 2.63. The number of aliphatic carboxylic acids is 1. The van der Waals surface area contributed by atoms with E-state index in [4.69, 9.17) is 21.4 Å². The fourth-order valence-electron chi connectivity index (χ4n) is 2.22. The van der Waals surface area contributed by atoms with E-state index in [9.17, 15) is 27.9 Å². The number of phenols is 1. The zero-order chi connectivity index (χ0) is 22.5. The zero-order valence-corrected chi connectivity index (χ0v) is 17.2. The molecule has 160 valence electrons. The van der Waals surface area contributed by atoms with Crippen LogP contribution >= 0.6 is 27.5 Å². The van der Waals surface area contributed by atoms with Crippen LogP contribution in [0.4, 0.5) is 13.2 Å². The van der Waals surface area contributed by atoms with Crippen LogP contribution in [0.5, 0.6) is 17.2 Å². The molecule has 0 radical (unpaired) electrons. The van der Waals surface area contributed by atoms with Crippen molar-refractivity contribution in [3.05, 3.63) is 57.0 Å². The van der Waals surface area contributed by atoms with Gasteiger partial charge in [0.15, 0.2) is 5.78 Å². The SMILES string of the molecule is O=C(O)CCOc1cc(/C=C/C(=O)c2cccc(Cl)c2O)c(OC(F)(F)F)cc1Br. The number of rotatable bonds is 8. The topological polar surface area (TPSA) is 93.1 Å². The summed E-state index contributed by atoms with van der Waals surface area (Å²) in [6.45, 7) is -0.230. The van der Waals surface area contributed by atoms with Gasteiger partial charge in [-0.2, -0.15) is 0 Å². The molecule has 30 heavy (non-hydrogen) atoms. The van der Waals surface area contributed by atoms with Gasteiger partial charge in [-0.15, -0.1) is 13.2 Å². The molecular formula is C19H13BrClF3O6. The summed E-state index contributed by atoms with van der Waals surface area (Å²) in [6.07, 6.45) is -3.35. The van der Waals surface area contributed by atoms with Crippen LogP contribution in [0.2, 0.25) is 5.02 Å². The standard InChI is InChI=1S/C19H13BrClF3O6/c20-12-9-15(30-19(22,23)24)10(8-16(12)29-7-6-17(26)27)4-5-14(25)11-2-1-3-13(21)18(11)28/h1-5,8-9,28H,6-7H2,(H,26,27)/b5-4+. The summed E-state index contributed by atoms with van der Waals surface area (Å²) in [5.74, 6) is -2.88.